The highest BCUT2D eigenvalue weighted by Gasteiger charge is 1.90. The first-order valence-corrected chi connectivity index (χ1v) is 5.80. The third-order valence-electron chi connectivity index (χ3n) is 2.40. The maximum absolute atomic E-state index is 3.72. The molecule has 0 aromatic rings. The van der Waals surface area contributed by atoms with E-state index in [1.54, 1.807) is 0 Å². The SMILES string of the molecule is C=CCCCCCCCCC[B]C. The van der Waals surface area contributed by atoms with Gasteiger partial charge in [-0.2, -0.15) is 0 Å². The summed E-state index contributed by atoms with van der Waals surface area (Å²) in [7, 11) is 2.27. The van der Waals surface area contributed by atoms with Gasteiger partial charge in [0.25, 0.3) is 0 Å². The largest absolute Gasteiger partial charge is 0.105 e. The van der Waals surface area contributed by atoms with Crippen molar-refractivity contribution in [1.82, 2.24) is 0 Å². The van der Waals surface area contributed by atoms with E-state index >= 15 is 0 Å². The standard InChI is InChI=1S/C12H24B/c1-3-4-5-6-7-8-9-10-11-12-13-2/h3H,1,4-12H2,2H3. The van der Waals surface area contributed by atoms with Crippen LogP contribution in [0.2, 0.25) is 13.1 Å². The van der Waals surface area contributed by atoms with Crippen LogP contribution in [-0.4, -0.2) is 7.28 Å². The molecule has 0 N–H and O–H groups in total. The molecule has 0 aromatic heterocycles. The molecule has 1 heteroatoms. The van der Waals surface area contributed by atoms with Gasteiger partial charge in [0.05, 0.1) is 0 Å². The zero-order valence-electron chi connectivity index (χ0n) is 9.23. The fourth-order valence-electron chi connectivity index (χ4n) is 1.52. The first-order chi connectivity index (χ1) is 6.41. The summed E-state index contributed by atoms with van der Waals surface area (Å²) in [5.41, 5.74) is 0. The molecule has 0 bridgehead atoms. The molecule has 13 heavy (non-hydrogen) atoms. The van der Waals surface area contributed by atoms with Crippen molar-refractivity contribution in [3.05, 3.63) is 12.7 Å². The molecule has 75 valence electrons. The Morgan fingerprint density at radius 3 is 2.00 bits per heavy atom. The van der Waals surface area contributed by atoms with Crippen LogP contribution in [0.25, 0.3) is 0 Å². The molecule has 0 nitrogen and oxygen atoms in total. The van der Waals surface area contributed by atoms with E-state index in [0.29, 0.717) is 0 Å². The van der Waals surface area contributed by atoms with Crippen LogP contribution in [0.5, 0.6) is 0 Å². The van der Waals surface area contributed by atoms with Crippen molar-refractivity contribution in [2.24, 2.45) is 0 Å². The summed E-state index contributed by atoms with van der Waals surface area (Å²) in [5.74, 6) is 0. The first-order valence-electron chi connectivity index (χ1n) is 5.80. The van der Waals surface area contributed by atoms with Gasteiger partial charge >= 0.3 is 0 Å². The predicted molar refractivity (Wildman–Crippen MR) is 63.6 cm³/mol. The quantitative estimate of drug-likeness (QED) is 0.264. The van der Waals surface area contributed by atoms with Crippen LogP contribution in [0.1, 0.15) is 51.4 Å². The van der Waals surface area contributed by atoms with E-state index in [9.17, 15) is 0 Å². The second kappa shape index (κ2) is 11.8. The van der Waals surface area contributed by atoms with Gasteiger partial charge in [-0.3, -0.25) is 0 Å². The van der Waals surface area contributed by atoms with Gasteiger partial charge in [-0.05, 0) is 12.8 Å². The molecular weight excluding hydrogens is 155 g/mol. The molecule has 0 heterocycles. The summed E-state index contributed by atoms with van der Waals surface area (Å²) in [6, 6.07) is 0. The highest BCUT2D eigenvalue weighted by atomic mass is 13.9. The van der Waals surface area contributed by atoms with Crippen LogP contribution < -0.4 is 0 Å². The number of unbranched alkanes of at least 4 members (excludes halogenated alkanes) is 7. The van der Waals surface area contributed by atoms with Gasteiger partial charge in [0.15, 0.2) is 0 Å². The van der Waals surface area contributed by atoms with Gasteiger partial charge in [0, 0.05) is 0 Å². The lowest BCUT2D eigenvalue weighted by Crippen LogP contribution is -1.83. The Bertz CT molecular complexity index is 99.3. The Labute approximate surface area is 85.1 Å². The van der Waals surface area contributed by atoms with Crippen molar-refractivity contribution >= 4 is 7.28 Å². The Balaban J connectivity index is 2.79. The first kappa shape index (κ1) is 12.8. The molecule has 0 fully saturated rings. The molecule has 1 radical (unpaired) electrons. The third-order valence-corrected chi connectivity index (χ3v) is 2.40. The minimum Gasteiger partial charge on any atom is -0.103 e. The molecule has 0 saturated carbocycles. The van der Waals surface area contributed by atoms with Crippen molar-refractivity contribution in [3.63, 3.8) is 0 Å². The maximum atomic E-state index is 3.72. The average Bonchev–Trinajstić information content (AvgIpc) is 2.16. The van der Waals surface area contributed by atoms with Gasteiger partial charge in [-0.25, -0.2) is 0 Å². The van der Waals surface area contributed by atoms with Gasteiger partial charge in [-0.1, -0.05) is 57.7 Å². The summed E-state index contributed by atoms with van der Waals surface area (Å²) in [4.78, 5) is 0. The van der Waals surface area contributed by atoms with E-state index in [-0.39, 0.29) is 0 Å². The lowest BCUT2D eigenvalue weighted by Gasteiger charge is -2.00. The Morgan fingerprint density at radius 2 is 1.46 bits per heavy atom. The van der Waals surface area contributed by atoms with Crippen molar-refractivity contribution in [2.75, 3.05) is 0 Å². The summed E-state index contributed by atoms with van der Waals surface area (Å²) in [6.07, 6.45) is 14.4. The second-order valence-electron chi connectivity index (χ2n) is 3.75. The number of hydrogen-bond donors (Lipinski definition) is 0. The van der Waals surface area contributed by atoms with Crippen LogP contribution in [0.3, 0.4) is 0 Å². The van der Waals surface area contributed by atoms with Crippen LogP contribution in [0.15, 0.2) is 12.7 Å². The Hall–Kier alpha value is -0.195. The van der Waals surface area contributed by atoms with E-state index in [4.69, 9.17) is 0 Å². The molecule has 0 unspecified atom stereocenters. The van der Waals surface area contributed by atoms with Crippen LogP contribution >= 0.6 is 0 Å². The minimum absolute atomic E-state index is 1.20. The molecule has 0 rings (SSSR count). The second-order valence-corrected chi connectivity index (χ2v) is 3.75. The van der Waals surface area contributed by atoms with Gasteiger partial charge < -0.3 is 0 Å². The molecule has 0 aliphatic rings. The fourth-order valence-corrected chi connectivity index (χ4v) is 1.52. The van der Waals surface area contributed by atoms with Crippen molar-refractivity contribution < 1.29 is 0 Å². The van der Waals surface area contributed by atoms with Crippen LogP contribution in [0, 0.1) is 0 Å². The van der Waals surface area contributed by atoms with Gasteiger partial charge in [-0.15, -0.1) is 6.58 Å². The predicted octanol–water partition coefficient (Wildman–Crippen LogP) is 4.46. The highest BCUT2D eigenvalue weighted by molar-refractivity contribution is 6.33. The zero-order chi connectivity index (χ0) is 9.78. The lowest BCUT2D eigenvalue weighted by molar-refractivity contribution is 0.592. The van der Waals surface area contributed by atoms with E-state index in [2.05, 4.69) is 20.7 Å². The van der Waals surface area contributed by atoms with Gasteiger partial charge in [0.1, 0.15) is 7.28 Å². The monoisotopic (exact) mass is 179 g/mol. The molecule has 0 aliphatic heterocycles. The summed E-state index contributed by atoms with van der Waals surface area (Å²) in [6.45, 7) is 5.87. The Morgan fingerprint density at radius 1 is 0.923 bits per heavy atom. The molecule has 0 aliphatic carbocycles. The third kappa shape index (κ3) is 11.8. The van der Waals surface area contributed by atoms with Gasteiger partial charge in [0.2, 0.25) is 0 Å². The maximum Gasteiger partial charge on any atom is 0.105 e. The van der Waals surface area contributed by atoms with E-state index < -0.39 is 0 Å². The number of allylic oxidation sites excluding steroid dienone is 1. The summed E-state index contributed by atoms with van der Waals surface area (Å²) < 4.78 is 0. The average molecular weight is 179 g/mol. The number of rotatable bonds is 10. The van der Waals surface area contributed by atoms with Crippen molar-refractivity contribution in [1.29, 1.82) is 0 Å². The molecule has 0 saturated heterocycles. The van der Waals surface area contributed by atoms with Crippen LogP contribution in [-0.2, 0) is 0 Å². The number of hydrogen-bond acceptors (Lipinski definition) is 0. The molecule has 0 aromatic carbocycles. The molecule has 0 atom stereocenters. The zero-order valence-corrected chi connectivity index (χ0v) is 9.23. The van der Waals surface area contributed by atoms with Crippen molar-refractivity contribution in [3.8, 4) is 0 Å². The summed E-state index contributed by atoms with van der Waals surface area (Å²) in [5, 5.41) is 0. The molecule has 0 spiro atoms. The van der Waals surface area contributed by atoms with Crippen LogP contribution in [0.4, 0.5) is 0 Å². The van der Waals surface area contributed by atoms with Crippen molar-refractivity contribution in [2.45, 2.75) is 64.5 Å². The Kier molecular flexibility index (Phi) is 11.6. The van der Waals surface area contributed by atoms with E-state index in [1.807, 2.05) is 6.08 Å². The molecular formula is C12H24B. The van der Waals surface area contributed by atoms with E-state index in [1.165, 1.54) is 57.7 Å². The fraction of sp³-hybridized carbons (Fsp3) is 0.833. The van der Waals surface area contributed by atoms with E-state index in [0.717, 1.165) is 0 Å². The molecule has 0 amide bonds. The smallest absolute Gasteiger partial charge is 0.103 e. The lowest BCUT2D eigenvalue weighted by atomic mass is 9.76. The summed E-state index contributed by atoms with van der Waals surface area (Å²) >= 11 is 0. The highest BCUT2D eigenvalue weighted by Crippen LogP contribution is 2.09. The topological polar surface area (TPSA) is 0 Å². The normalized spacial score (nSPS) is 9.92. The minimum atomic E-state index is 1.20.